The van der Waals surface area contributed by atoms with Crippen molar-refractivity contribution in [1.82, 2.24) is 10.5 Å². The number of carbonyl (C=O) groups is 1. The largest absolute Gasteiger partial charge is 0.497 e. The Kier molecular flexibility index (Phi) is 5.76. The lowest BCUT2D eigenvalue weighted by molar-refractivity contribution is 0.0951. The van der Waals surface area contributed by atoms with E-state index in [-0.39, 0.29) is 5.91 Å². The zero-order chi connectivity index (χ0) is 19.2. The average molecular weight is 366 g/mol. The minimum absolute atomic E-state index is 0.143. The van der Waals surface area contributed by atoms with Crippen LogP contribution in [0.3, 0.4) is 0 Å². The van der Waals surface area contributed by atoms with E-state index in [0.717, 1.165) is 28.3 Å². The quantitative estimate of drug-likeness (QED) is 0.688. The van der Waals surface area contributed by atoms with Crippen LogP contribution in [0.15, 0.2) is 53.1 Å². The second kappa shape index (κ2) is 8.40. The first-order chi connectivity index (χ1) is 13.1. The lowest BCUT2D eigenvalue weighted by atomic mass is 10.1. The van der Waals surface area contributed by atoms with Gasteiger partial charge in [0.15, 0.2) is 0 Å². The van der Waals surface area contributed by atoms with E-state index in [1.165, 1.54) is 0 Å². The molecular weight excluding hydrogens is 344 g/mol. The molecule has 0 aliphatic carbocycles. The highest BCUT2D eigenvalue weighted by molar-refractivity contribution is 5.94. The average Bonchev–Trinajstić information content (AvgIpc) is 3.02. The van der Waals surface area contributed by atoms with Crippen LogP contribution in [-0.4, -0.2) is 18.2 Å². The van der Waals surface area contributed by atoms with Gasteiger partial charge in [0, 0.05) is 12.1 Å². The summed E-state index contributed by atoms with van der Waals surface area (Å²) in [5, 5.41) is 6.81. The standard InChI is InChI=1S/C21H22N2O4/c1-14-20(15(2)27-23-14)13-26-18-9-7-17(8-10-18)21(24)22-12-16-5-4-6-19(11-16)25-3/h4-11H,12-13H2,1-3H3,(H,22,24). The first-order valence-corrected chi connectivity index (χ1v) is 8.62. The van der Waals surface area contributed by atoms with Gasteiger partial charge in [0.2, 0.25) is 0 Å². The van der Waals surface area contributed by atoms with Crippen molar-refractivity contribution in [3.05, 3.63) is 76.7 Å². The monoisotopic (exact) mass is 366 g/mol. The summed E-state index contributed by atoms with van der Waals surface area (Å²) < 4.78 is 16.1. The molecule has 0 fully saturated rings. The van der Waals surface area contributed by atoms with Gasteiger partial charge in [-0.3, -0.25) is 4.79 Å². The lowest BCUT2D eigenvalue weighted by Crippen LogP contribution is -2.22. The van der Waals surface area contributed by atoms with Crippen molar-refractivity contribution in [2.45, 2.75) is 27.0 Å². The van der Waals surface area contributed by atoms with Crippen LogP contribution in [-0.2, 0) is 13.2 Å². The Morgan fingerprint density at radius 2 is 1.89 bits per heavy atom. The third-order valence-electron chi connectivity index (χ3n) is 4.27. The van der Waals surface area contributed by atoms with Gasteiger partial charge in [-0.25, -0.2) is 0 Å². The summed E-state index contributed by atoms with van der Waals surface area (Å²) in [5.41, 5.74) is 3.31. The number of methoxy groups -OCH3 is 1. The highest BCUT2D eigenvalue weighted by atomic mass is 16.5. The molecule has 2 aromatic carbocycles. The molecule has 0 radical (unpaired) electrons. The summed E-state index contributed by atoms with van der Waals surface area (Å²) in [7, 11) is 1.62. The van der Waals surface area contributed by atoms with Crippen LogP contribution < -0.4 is 14.8 Å². The van der Waals surface area contributed by atoms with Crippen molar-refractivity contribution in [2.75, 3.05) is 7.11 Å². The highest BCUT2D eigenvalue weighted by Gasteiger charge is 2.10. The molecule has 140 valence electrons. The first-order valence-electron chi connectivity index (χ1n) is 8.62. The van der Waals surface area contributed by atoms with Crippen LogP contribution in [0.2, 0.25) is 0 Å². The smallest absolute Gasteiger partial charge is 0.251 e. The van der Waals surface area contributed by atoms with E-state index in [2.05, 4.69) is 10.5 Å². The van der Waals surface area contributed by atoms with Crippen molar-refractivity contribution < 1.29 is 18.8 Å². The van der Waals surface area contributed by atoms with Gasteiger partial charge in [0.1, 0.15) is 23.9 Å². The fraction of sp³-hybridized carbons (Fsp3) is 0.238. The molecule has 1 heterocycles. The van der Waals surface area contributed by atoms with Crippen LogP contribution >= 0.6 is 0 Å². The first kappa shape index (κ1) is 18.5. The fourth-order valence-electron chi connectivity index (χ4n) is 2.63. The number of aromatic nitrogens is 1. The number of rotatable bonds is 7. The number of carbonyl (C=O) groups excluding carboxylic acids is 1. The van der Waals surface area contributed by atoms with Gasteiger partial charge >= 0.3 is 0 Å². The minimum atomic E-state index is -0.143. The number of amides is 1. The van der Waals surface area contributed by atoms with Crippen LogP contribution in [0.1, 0.15) is 32.9 Å². The number of hydrogen-bond acceptors (Lipinski definition) is 5. The SMILES string of the molecule is COc1cccc(CNC(=O)c2ccc(OCc3c(C)noc3C)cc2)c1. The van der Waals surface area contributed by atoms with Crippen molar-refractivity contribution >= 4 is 5.91 Å². The van der Waals surface area contributed by atoms with E-state index in [0.29, 0.717) is 24.5 Å². The second-order valence-corrected chi connectivity index (χ2v) is 6.15. The summed E-state index contributed by atoms with van der Waals surface area (Å²) in [6.07, 6.45) is 0. The number of benzene rings is 2. The molecule has 6 heteroatoms. The zero-order valence-electron chi connectivity index (χ0n) is 15.6. The van der Waals surface area contributed by atoms with Gasteiger partial charge in [0.05, 0.1) is 18.4 Å². The Morgan fingerprint density at radius 3 is 2.56 bits per heavy atom. The van der Waals surface area contributed by atoms with Crippen molar-refractivity contribution in [1.29, 1.82) is 0 Å². The summed E-state index contributed by atoms with van der Waals surface area (Å²) >= 11 is 0. The van der Waals surface area contributed by atoms with Crippen LogP contribution in [0.4, 0.5) is 0 Å². The summed E-state index contributed by atoms with van der Waals surface area (Å²) in [6.45, 7) is 4.54. The number of nitrogens with zero attached hydrogens (tertiary/aromatic N) is 1. The molecule has 0 aliphatic heterocycles. The van der Waals surface area contributed by atoms with Crippen molar-refractivity contribution in [3.63, 3.8) is 0 Å². The van der Waals surface area contributed by atoms with Gasteiger partial charge in [-0.1, -0.05) is 17.3 Å². The van der Waals surface area contributed by atoms with Gasteiger partial charge in [-0.05, 0) is 55.8 Å². The molecule has 0 spiro atoms. The van der Waals surface area contributed by atoms with Gasteiger partial charge in [-0.15, -0.1) is 0 Å². The van der Waals surface area contributed by atoms with Crippen molar-refractivity contribution in [2.24, 2.45) is 0 Å². The fourth-order valence-corrected chi connectivity index (χ4v) is 2.63. The maximum absolute atomic E-state index is 12.3. The van der Waals surface area contributed by atoms with E-state index >= 15 is 0 Å². The Morgan fingerprint density at radius 1 is 1.11 bits per heavy atom. The van der Waals surface area contributed by atoms with Crippen LogP contribution in [0.5, 0.6) is 11.5 Å². The predicted octanol–water partition coefficient (Wildman–Crippen LogP) is 3.81. The Bertz CT molecular complexity index is 897. The Balaban J connectivity index is 1.55. The molecular formula is C21H22N2O4. The number of aryl methyl sites for hydroxylation is 2. The lowest BCUT2D eigenvalue weighted by Gasteiger charge is -2.09. The maximum Gasteiger partial charge on any atom is 0.251 e. The van der Waals surface area contributed by atoms with Gasteiger partial charge < -0.3 is 19.3 Å². The van der Waals surface area contributed by atoms with E-state index in [1.807, 2.05) is 38.1 Å². The topological polar surface area (TPSA) is 73.6 Å². The van der Waals surface area contributed by atoms with E-state index in [4.69, 9.17) is 14.0 Å². The third-order valence-corrected chi connectivity index (χ3v) is 4.27. The van der Waals surface area contributed by atoms with Gasteiger partial charge in [0.25, 0.3) is 5.91 Å². The molecule has 0 aliphatic rings. The molecule has 27 heavy (non-hydrogen) atoms. The molecule has 1 aromatic heterocycles. The van der Waals surface area contributed by atoms with Crippen molar-refractivity contribution in [3.8, 4) is 11.5 Å². The summed E-state index contributed by atoms with van der Waals surface area (Å²) in [5.74, 6) is 2.05. The normalized spacial score (nSPS) is 10.5. The minimum Gasteiger partial charge on any atom is -0.497 e. The van der Waals surface area contributed by atoms with Gasteiger partial charge in [-0.2, -0.15) is 0 Å². The molecule has 0 saturated heterocycles. The Labute approximate surface area is 158 Å². The molecule has 1 N–H and O–H groups in total. The Hall–Kier alpha value is -3.28. The summed E-state index contributed by atoms with van der Waals surface area (Å²) in [4.78, 5) is 12.3. The molecule has 0 saturated carbocycles. The number of nitrogens with one attached hydrogen (secondary N) is 1. The zero-order valence-corrected chi connectivity index (χ0v) is 15.6. The molecule has 3 rings (SSSR count). The molecule has 0 bridgehead atoms. The number of hydrogen-bond donors (Lipinski definition) is 1. The number of ether oxygens (including phenoxy) is 2. The molecule has 0 atom stereocenters. The molecule has 0 unspecified atom stereocenters. The highest BCUT2D eigenvalue weighted by Crippen LogP contribution is 2.18. The molecule has 6 nitrogen and oxygen atoms in total. The maximum atomic E-state index is 12.3. The van der Waals surface area contributed by atoms with E-state index in [9.17, 15) is 4.79 Å². The van der Waals surface area contributed by atoms with E-state index < -0.39 is 0 Å². The van der Waals surface area contributed by atoms with Crippen LogP contribution in [0, 0.1) is 13.8 Å². The third kappa shape index (κ3) is 4.67. The van der Waals surface area contributed by atoms with Crippen LogP contribution in [0.25, 0.3) is 0 Å². The predicted molar refractivity (Wildman–Crippen MR) is 101 cm³/mol. The molecule has 1 amide bonds. The van der Waals surface area contributed by atoms with E-state index in [1.54, 1.807) is 31.4 Å². The molecule has 3 aromatic rings. The summed E-state index contributed by atoms with van der Waals surface area (Å²) in [6, 6.07) is 14.6. The second-order valence-electron chi connectivity index (χ2n) is 6.15.